The van der Waals surface area contributed by atoms with Crippen molar-refractivity contribution >= 4 is 57.8 Å². The fraction of sp³-hybridized carbons (Fsp3) is 0.250. The van der Waals surface area contributed by atoms with E-state index in [9.17, 15) is 4.79 Å². The van der Waals surface area contributed by atoms with Crippen LogP contribution in [0.5, 0.6) is 5.75 Å². The van der Waals surface area contributed by atoms with Crippen molar-refractivity contribution < 1.29 is 9.53 Å². The maximum absolute atomic E-state index is 13.6. The van der Waals surface area contributed by atoms with E-state index in [0.717, 1.165) is 42.6 Å². The smallest absolute Gasteiger partial charge is 0.267 e. The number of nitrogens with zero attached hydrogens (tertiary/aromatic N) is 3. The molecular formula is C28H25Cl2N3O2S. The number of carbonyl (C=O) groups excluding carboxylic acids is 1. The van der Waals surface area contributed by atoms with Gasteiger partial charge in [-0.1, -0.05) is 66.7 Å². The number of carbonyl (C=O) groups is 1. The van der Waals surface area contributed by atoms with Crippen LogP contribution in [-0.4, -0.2) is 27.0 Å². The van der Waals surface area contributed by atoms with Crippen molar-refractivity contribution in [2.45, 2.75) is 44.8 Å². The average molecular weight is 539 g/mol. The Kier molecular flexibility index (Phi) is 7.95. The second-order valence-corrected chi connectivity index (χ2v) is 10.6. The van der Waals surface area contributed by atoms with Crippen LogP contribution in [0, 0.1) is 0 Å². The van der Waals surface area contributed by atoms with Crippen LogP contribution < -0.4 is 4.74 Å². The third kappa shape index (κ3) is 5.94. The van der Waals surface area contributed by atoms with Crippen molar-refractivity contribution in [1.29, 1.82) is 0 Å². The lowest BCUT2D eigenvalue weighted by Gasteiger charge is -2.30. The molecule has 1 aromatic heterocycles. The average Bonchev–Trinajstić information content (AvgIpc) is 3.20. The Labute approximate surface area is 225 Å². The van der Waals surface area contributed by atoms with Crippen LogP contribution in [0.2, 0.25) is 10.0 Å². The van der Waals surface area contributed by atoms with E-state index in [-0.39, 0.29) is 11.9 Å². The lowest BCUT2D eigenvalue weighted by atomic mass is 9.94. The van der Waals surface area contributed by atoms with Gasteiger partial charge in [-0.05, 0) is 72.1 Å². The van der Waals surface area contributed by atoms with Crippen molar-refractivity contribution in [3.8, 4) is 5.75 Å². The molecule has 1 saturated heterocycles. The predicted molar refractivity (Wildman–Crippen MR) is 148 cm³/mol. The summed E-state index contributed by atoms with van der Waals surface area (Å²) >= 11 is 13.7. The van der Waals surface area contributed by atoms with E-state index in [1.54, 1.807) is 18.5 Å². The van der Waals surface area contributed by atoms with E-state index < -0.39 is 0 Å². The van der Waals surface area contributed by atoms with Gasteiger partial charge in [-0.2, -0.15) is 0 Å². The lowest BCUT2D eigenvalue weighted by Crippen LogP contribution is -2.40. The van der Waals surface area contributed by atoms with Gasteiger partial charge >= 0.3 is 0 Å². The third-order valence-corrected chi connectivity index (χ3v) is 7.74. The number of amides is 1. The molecule has 8 heteroatoms. The molecule has 3 aromatic rings. The Morgan fingerprint density at radius 3 is 2.67 bits per heavy atom. The van der Waals surface area contributed by atoms with Gasteiger partial charge in [-0.15, -0.1) is 0 Å². The first-order valence-electron chi connectivity index (χ1n) is 12.0. The second kappa shape index (κ2) is 11.5. The molecule has 0 atom stereocenters. The van der Waals surface area contributed by atoms with Crippen LogP contribution in [0.25, 0.3) is 6.08 Å². The van der Waals surface area contributed by atoms with Crippen LogP contribution in [0.4, 0.5) is 5.69 Å². The van der Waals surface area contributed by atoms with Crippen molar-refractivity contribution in [3.05, 3.63) is 93.1 Å². The monoisotopic (exact) mass is 537 g/mol. The van der Waals surface area contributed by atoms with E-state index >= 15 is 0 Å². The molecule has 0 N–H and O–H groups in total. The quantitative estimate of drug-likeness (QED) is 0.300. The Hall–Kier alpha value is -2.80. The molecule has 1 saturated carbocycles. The Balaban J connectivity index is 1.39. The molecule has 1 amide bonds. The Morgan fingerprint density at radius 2 is 1.89 bits per heavy atom. The van der Waals surface area contributed by atoms with Crippen LogP contribution in [0.3, 0.4) is 0 Å². The molecule has 0 radical (unpaired) electrons. The highest BCUT2D eigenvalue weighted by atomic mass is 35.5. The molecule has 1 aliphatic carbocycles. The SMILES string of the molecule is O=C1/C(=C/c2cccc(OCc3ccc(Cl)cc3)c2)SC(=Nc2ccncc2Cl)N1C1CCCCC1. The predicted octanol–water partition coefficient (Wildman–Crippen LogP) is 7.90. The van der Waals surface area contributed by atoms with Crippen LogP contribution in [-0.2, 0) is 11.4 Å². The molecule has 2 aliphatic rings. The molecule has 2 aromatic carbocycles. The number of hydrogen-bond acceptors (Lipinski definition) is 5. The fourth-order valence-corrected chi connectivity index (χ4v) is 5.72. The number of hydrogen-bond donors (Lipinski definition) is 0. The van der Waals surface area contributed by atoms with Crippen LogP contribution in [0.1, 0.15) is 43.2 Å². The first-order valence-corrected chi connectivity index (χ1v) is 13.5. The Morgan fingerprint density at radius 1 is 1.08 bits per heavy atom. The van der Waals surface area contributed by atoms with Gasteiger partial charge < -0.3 is 4.74 Å². The maximum Gasteiger partial charge on any atom is 0.267 e. The van der Waals surface area contributed by atoms with E-state index in [4.69, 9.17) is 32.9 Å². The highest BCUT2D eigenvalue weighted by Crippen LogP contribution is 2.39. The number of aromatic nitrogens is 1. The number of thioether (sulfide) groups is 1. The highest BCUT2D eigenvalue weighted by molar-refractivity contribution is 8.18. The zero-order chi connectivity index (χ0) is 24.9. The molecule has 5 nitrogen and oxygen atoms in total. The van der Waals surface area contributed by atoms with Gasteiger partial charge in [0.2, 0.25) is 0 Å². The fourth-order valence-electron chi connectivity index (χ4n) is 4.38. The lowest BCUT2D eigenvalue weighted by molar-refractivity contribution is -0.124. The number of amidine groups is 1. The molecule has 2 fully saturated rings. The molecule has 0 spiro atoms. The standard InChI is InChI=1S/C28H25Cl2N3O2S/c29-21-11-9-19(10-12-21)18-35-23-8-4-5-20(15-23)16-26-27(34)33(22-6-2-1-3-7-22)28(36-26)32-25-13-14-31-17-24(25)30/h4-5,8-17,22H,1-3,6-7,18H2/b26-16-,32-28?. The topological polar surface area (TPSA) is 54.8 Å². The van der Waals surface area contributed by atoms with Crippen LogP contribution >= 0.6 is 35.0 Å². The minimum Gasteiger partial charge on any atom is -0.489 e. The molecule has 2 heterocycles. The van der Waals surface area contributed by atoms with Gasteiger partial charge in [0.15, 0.2) is 5.17 Å². The minimum atomic E-state index is -0.0108. The van der Waals surface area contributed by atoms with Gasteiger partial charge in [0.05, 0.1) is 15.6 Å². The van der Waals surface area contributed by atoms with Crippen molar-refractivity contribution in [2.24, 2.45) is 4.99 Å². The number of halogens is 2. The molecule has 1 aliphatic heterocycles. The normalized spacial score (nSPS) is 18.8. The van der Waals surface area contributed by atoms with Gasteiger partial charge in [0.25, 0.3) is 5.91 Å². The third-order valence-electron chi connectivity index (χ3n) is 6.22. The zero-order valence-electron chi connectivity index (χ0n) is 19.6. The summed E-state index contributed by atoms with van der Waals surface area (Å²) in [7, 11) is 0. The summed E-state index contributed by atoms with van der Waals surface area (Å²) in [6.45, 7) is 0.434. The van der Waals surface area contributed by atoms with Crippen molar-refractivity contribution in [3.63, 3.8) is 0 Å². The van der Waals surface area contributed by atoms with Gasteiger partial charge in [0, 0.05) is 23.5 Å². The highest BCUT2D eigenvalue weighted by Gasteiger charge is 2.38. The summed E-state index contributed by atoms with van der Waals surface area (Å²) in [6.07, 6.45) is 10.5. The van der Waals surface area contributed by atoms with E-state index in [1.807, 2.05) is 59.5 Å². The number of aliphatic imine (C=N–C) groups is 1. The number of pyridine rings is 1. The first-order chi connectivity index (χ1) is 17.6. The molecule has 184 valence electrons. The molecular weight excluding hydrogens is 513 g/mol. The summed E-state index contributed by atoms with van der Waals surface area (Å²) in [6, 6.07) is 17.2. The summed E-state index contributed by atoms with van der Waals surface area (Å²) in [5, 5.41) is 1.83. The van der Waals surface area contributed by atoms with Crippen molar-refractivity contribution in [1.82, 2.24) is 9.88 Å². The Bertz CT molecular complexity index is 1300. The van der Waals surface area contributed by atoms with Crippen molar-refractivity contribution in [2.75, 3.05) is 0 Å². The molecule has 0 unspecified atom stereocenters. The second-order valence-electron chi connectivity index (χ2n) is 8.79. The number of rotatable bonds is 6. The van der Waals surface area contributed by atoms with E-state index in [1.165, 1.54) is 18.2 Å². The zero-order valence-corrected chi connectivity index (χ0v) is 21.9. The summed E-state index contributed by atoms with van der Waals surface area (Å²) in [5.74, 6) is 0.722. The van der Waals surface area contributed by atoms with Gasteiger partial charge in [-0.25, -0.2) is 4.99 Å². The summed E-state index contributed by atoms with van der Waals surface area (Å²) in [4.78, 5) is 24.9. The number of benzene rings is 2. The summed E-state index contributed by atoms with van der Waals surface area (Å²) < 4.78 is 5.97. The molecule has 0 bridgehead atoms. The molecule has 36 heavy (non-hydrogen) atoms. The first kappa shape index (κ1) is 24.9. The van der Waals surface area contributed by atoms with E-state index in [0.29, 0.717) is 32.4 Å². The minimum absolute atomic E-state index is 0.0108. The van der Waals surface area contributed by atoms with Gasteiger partial charge in [-0.3, -0.25) is 14.7 Å². The largest absolute Gasteiger partial charge is 0.489 e. The maximum atomic E-state index is 13.6. The van der Waals surface area contributed by atoms with Gasteiger partial charge in [0.1, 0.15) is 12.4 Å². The molecule has 5 rings (SSSR count). The summed E-state index contributed by atoms with van der Waals surface area (Å²) in [5.41, 5.74) is 2.54. The van der Waals surface area contributed by atoms with E-state index in [2.05, 4.69) is 4.98 Å². The van der Waals surface area contributed by atoms with Crippen LogP contribution in [0.15, 0.2) is 76.9 Å². The number of ether oxygens (including phenoxy) is 1.